The van der Waals surface area contributed by atoms with Crippen LogP contribution in [0, 0.1) is 0 Å². The lowest BCUT2D eigenvalue weighted by molar-refractivity contribution is -0.143. The van der Waals surface area contributed by atoms with Crippen molar-refractivity contribution in [3.63, 3.8) is 0 Å². The van der Waals surface area contributed by atoms with E-state index in [1.807, 2.05) is 0 Å². The third kappa shape index (κ3) is 8.58. The summed E-state index contributed by atoms with van der Waals surface area (Å²) in [6.07, 6.45) is -0.755. The zero-order valence-corrected chi connectivity index (χ0v) is 12.9. The molecule has 0 aromatic rings. The van der Waals surface area contributed by atoms with Gasteiger partial charge in [-0.1, -0.05) is 0 Å². The van der Waals surface area contributed by atoms with Crippen molar-refractivity contribution < 1.29 is 23.9 Å². The van der Waals surface area contributed by atoms with Crippen LogP contribution < -0.4 is 10.6 Å². The maximum atomic E-state index is 11.7. The van der Waals surface area contributed by atoms with E-state index in [2.05, 4.69) is 15.4 Å². The number of hydrogen-bond donors (Lipinski definition) is 2. The Balaban J connectivity index is 4.28. The van der Waals surface area contributed by atoms with Crippen LogP contribution in [0.3, 0.4) is 0 Å². The molecule has 2 N–H and O–H groups in total. The van der Waals surface area contributed by atoms with Crippen molar-refractivity contribution in [2.75, 3.05) is 19.0 Å². The minimum atomic E-state index is -0.985. The highest BCUT2D eigenvalue weighted by Gasteiger charge is 2.23. The molecule has 0 unspecified atom stereocenters. The molecule has 0 rings (SSSR count). The molecule has 0 aromatic heterocycles. The lowest BCUT2D eigenvalue weighted by atomic mass is 10.2. The van der Waals surface area contributed by atoms with Crippen LogP contribution in [-0.2, 0) is 19.1 Å². The number of amides is 2. The van der Waals surface area contributed by atoms with Crippen LogP contribution in [0.1, 0.15) is 27.7 Å². The van der Waals surface area contributed by atoms with E-state index in [0.717, 1.165) is 0 Å². The van der Waals surface area contributed by atoms with Gasteiger partial charge in [-0.3, -0.25) is 9.59 Å². The topological polar surface area (TPSA) is 93.7 Å². The Morgan fingerprint density at radius 3 is 2.30 bits per heavy atom. The number of carbonyl (C=O) groups is 3. The Labute approximate surface area is 123 Å². The lowest BCUT2D eigenvalue weighted by Crippen LogP contribution is -2.50. The van der Waals surface area contributed by atoms with Crippen molar-refractivity contribution >= 4 is 29.6 Å². The van der Waals surface area contributed by atoms with Gasteiger partial charge in [0.15, 0.2) is 0 Å². The second-order valence-corrected chi connectivity index (χ2v) is 5.18. The molecule has 116 valence electrons. The molecule has 0 aliphatic rings. The Morgan fingerprint density at radius 1 is 1.25 bits per heavy atom. The maximum absolute atomic E-state index is 11.7. The van der Waals surface area contributed by atoms with Gasteiger partial charge >= 0.3 is 12.1 Å². The summed E-state index contributed by atoms with van der Waals surface area (Å²) < 4.78 is 9.66. The normalized spacial score (nSPS) is 12.2. The Kier molecular flexibility index (Phi) is 7.98. The fourth-order valence-corrected chi connectivity index (χ4v) is 1.34. The summed E-state index contributed by atoms with van der Waals surface area (Å²) in [4.78, 5) is 34.3. The Hall–Kier alpha value is -1.50. The maximum Gasteiger partial charge on any atom is 0.408 e. The molecule has 0 saturated carbocycles. The lowest BCUT2D eigenvalue weighted by Gasteiger charge is -2.22. The largest absolute Gasteiger partial charge is 0.465 e. The number of alkyl halides is 1. The molecule has 0 bridgehead atoms. The van der Waals surface area contributed by atoms with Gasteiger partial charge in [0.1, 0.15) is 18.2 Å². The number of alkyl carbamates (subject to hydrolysis) is 1. The second kappa shape index (κ2) is 8.63. The predicted octanol–water partition coefficient (Wildman–Crippen LogP) is 0.798. The van der Waals surface area contributed by atoms with Gasteiger partial charge in [0.25, 0.3) is 0 Å². The zero-order valence-electron chi connectivity index (χ0n) is 12.1. The van der Waals surface area contributed by atoms with Crippen LogP contribution in [0.15, 0.2) is 0 Å². The average Bonchev–Trinajstić information content (AvgIpc) is 2.31. The number of hydrogen-bond acceptors (Lipinski definition) is 5. The molecule has 2 amide bonds. The minimum Gasteiger partial charge on any atom is -0.465 e. The number of carbonyl (C=O) groups excluding carboxylic acids is 3. The highest BCUT2D eigenvalue weighted by atomic mass is 35.5. The second-order valence-electron chi connectivity index (χ2n) is 4.88. The monoisotopic (exact) mass is 308 g/mol. The van der Waals surface area contributed by atoms with Crippen molar-refractivity contribution in [3.8, 4) is 0 Å². The first kappa shape index (κ1) is 18.5. The number of nitrogens with one attached hydrogen (secondary N) is 2. The molecule has 20 heavy (non-hydrogen) atoms. The highest BCUT2D eigenvalue weighted by Crippen LogP contribution is 2.06. The van der Waals surface area contributed by atoms with E-state index in [9.17, 15) is 14.4 Å². The van der Waals surface area contributed by atoms with Crippen LogP contribution in [0.2, 0.25) is 0 Å². The molecule has 0 saturated heterocycles. The summed E-state index contributed by atoms with van der Waals surface area (Å²) in [7, 11) is 0. The molecule has 0 heterocycles. The van der Waals surface area contributed by atoms with Crippen molar-refractivity contribution in [1.82, 2.24) is 10.6 Å². The van der Waals surface area contributed by atoms with Gasteiger partial charge in [-0.25, -0.2) is 4.79 Å². The first-order valence-corrected chi connectivity index (χ1v) is 6.72. The molecule has 0 aromatic carbocycles. The number of halogens is 1. The molecule has 7 nitrogen and oxygen atoms in total. The van der Waals surface area contributed by atoms with Gasteiger partial charge in [-0.15, -0.1) is 11.6 Å². The molecule has 0 aliphatic carbocycles. The molecule has 0 fully saturated rings. The molecule has 8 heteroatoms. The summed E-state index contributed by atoms with van der Waals surface area (Å²) >= 11 is 5.61. The van der Waals surface area contributed by atoms with E-state index in [1.54, 1.807) is 27.7 Å². The van der Waals surface area contributed by atoms with Crippen molar-refractivity contribution in [3.05, 3.63) is 0 Å². The number of esters is 1. The fourth-order valence-electron chi connectivity index (χ4n) is 1.12. The first-order chi connectivity index (χ1) is 9.19. The van der Waals surface area contributed by atoms with Gasteiger partial charge in [-0.05, 0) is 27.7 Å². The highest BCUT2D eigenvalue weighted by molar-refractivity contribution is 6.20. The van der Waals surface area contributed by atoms with E-state index in [-0.39, 0.29) is 19.0 Å². The quantitative estimate of drug-likeness (QED) is 0.559. The van der Waals surface area contributed by atoms with E-state index in [1.165, 1.54) is 0 Å². The van der Waals surface area contributed by atoms with Crippen molar-refractivity contribution in [2.45, 2.75) is 39.3 Å². The molecule has 0 radical (unpaired) electrons. The van der Waals surface area contributed by atoms with Gasteiger partial charge < -0.3 is 20.1 Å². The summed E-state index contributed by atoms with van der Waals surface area (Å²) in [5.74, 6) is -1.29. The fraction of sp³-hybridized carbons (Fsp3) is 0.750. The van der Waals surface area contributed by atoms with Gasteiger partial charge in [0, 0.05) is 0 Å². The Bertz CT molecular complexity index is 354. The minimum absolute atomic E-state index is 0.145. The standard InChI is InChI=1S/C12H21ClN2O5/c1-5-19-9(16)7-14-10(17)8(6-13)15-11(18)20-12(2,3)4/h8H,5-7H2,1-4H3,(H,14,17)(H,15,18)/t8-/m0/s1. The molecular weight excluding hydrogens is 288 g/mol. The number of rotatable bonds is 6. The third-order valence-corrected chi connectivity index (χ3v) is 2.18. The van der Waals surface area contributed by atoms with Crippen LogP contribution >= 0.6 is 11.6 Å². The SMILES string of the molecule is CCOC(=O)CNC(=O)[C@H](CCl)NC(=O)OC(C)(C)C. The van der Waals surface area contributed by atoms with Crippen molar-refractivity contribution in [1.29, 1.82) is 0 Å². The first-order valence-electron chi connectivity index (χ1n) is 6.18. The van der Waals surface area contributed by atoms with Crippen LogP contribution in [0.5, 0.6) is 0 Å². The third-order valence-electron chi connectivity index (χ3n) is 1.87. The van der Waals surface area contributed by atoms with E-state index in [4.69, 9.17) is 16.3 Å². The summed E-state index contributed by atoms with van der Waals surface area (Å²) in [5, 5.41) is 4.64. The molecular formula is C12H21ClN2O5. The van der Waals surface area contributed by atoms with Crippen LogP contribution in [0.25, 0.3) is 0 Å². The predicted molar refractivity (Wildman–Crippen MR) is 73.5 cm³/mol. The van der Waals surface area contributed by atoms with Crippen LogP contribution in [0.4, 0.5) is 4.79 Å². The smallest absolute Gasteiger partial charge is 0.408 e. The summed E-state index contributed by atoms with van der Waals surface area (Å²) in [6.45, 7) is 6.69. The molecule has 1 atom stereocenters. The molecule has 0 aliphatic heterocycles. The molecule has 0 spiro atoms. The number of ether oxygens (including phenoxy) is 2. The van der Waals surface area contributed by atoms with Gasteiger partial charge in [-0.2, -0.15) is 0 Å². The van der Waals surface area contributed by atoms with Crippen molar-refractivity contribution in [2.24, 2.45) is 0 Å². The zero-order chi connectivity index (χ0) is 15.8. The summed E-state index contributed by atoms with van der Waals surface area (Å²) in [6, 6.07) is -0.985. The average molecular weight is 309 g/mol. The van der Waals surface area contributed by atoms with Gasteiger partial charge in [0.05, 0.1) is 12.5 Å². The van der Waals surface area contributed by atoms with E-state index in [0.29, 0.717) is 0 Å². The Morgan fingerprint density at radius 2 is 1.85 bits per heavy atom. The van der Waals surface area contributed by atoms with E-state index >= 15 is 0 Å². The van der Waals surface area contributed by atoms with Crippen LogP contribution in [-0.4, -0.2) is 48.6 Å². The van der Waals surface area contributed by atoms with E-state index < -0.39 is 29.6 Å². The summed E-state index contributed by atoms with van der Waals surface area (Å²) in [5.41, 5.74) is -0.678. The van der Waals surface area contributed by atoms with Gasteiger partial charge in [0.2, 0.25) is 5.91 Å².